The number of thiophene rings is 1. The Hall–Kier alpha value is -4.06. The van der Waals surface area contributed by atoms with Crippen LogP contribution in [0.1, 0.15) is 42.4 Å². The lowest BCUT2D eigenvalue weighted by Crippen LogP contribution is -2.50. The maximum Gasteiger partial charge on any atom is 0.338 e. The van der Waals surface area contributed by atoms with Gasteiger partial charge in [0.2, 0.25) is 17.7 Å². The van der Waals surface area contributed by atoms with E-state index in [0.29, 0.717) is 24.5 Å². The van der Waals surface area contributed by atoms with Gasteiger partial charge in [0, 0.05) is 19.4 Å². The van der Waals surface area contributed by atoms with Gasteiger partial charge in [0.1, 0.15) is 0 Å². The minimum absolute atomic E-state index is 0.104. The zero-order valence-corrected chi connectivity index (χ0v) is 19.7. The second kappa shape index (κ2) is 10.9. The lowest BCUT2D eigenvalue weighted by atomic mass is 10.2. The summed E-state index contributed by atoms with van der Waals surface area (Å²) < 4.78 is 10.9. The normalized spacial score (nSPS) is 13.5. The monoisotopic (exact) mass is 497 g/mol. The van der Waals surface area contributed by atoms with Gasteiger partial charge in [-0.15, -0.1) is 21.5 Å². The second-order valence-electron chi connectivity index (χ2n) is 7.68. The van der Waals surface area contributed by atoms with E-state index in [2.05, 4.69) is 15.6 Å². The summed E-state index contributed by atoms with van der Waals surface area (Å²) in [5.41, 5.74) is 3.11. The Balaban J connectivity index is 1.33. The summed E-state index contributed by atoms with van der Waals surface area (Å²) in [6, 6.07) is 9.71. The van der Waals surface area contributed by atoms with Crippen LogP contribution in [0.3, 0.4) is 0 Å². The molecule has 12 heteroatoms. The fourth-order valence-corrected chi connectivity index (χ4v) is 4.02. The third-order valence-electron chi connectivity index (χ3n) is 5.11. The van der Waals surface area contributed by atoms with E-state index in [1.165, 1.54) is 40.5 Å². The Labute approximate surface area is 204 Å². The van der Waals surface area contributed by atoms with Crippen molar-refractivity contribution in [1.82, 2.24) is 20.5 Å². The molecule has 0 unspecified atom stereocenters. The van der Waals surface area contributed by atoms with Gasteiger partial charge in [-0.1, -0.05) is 13.0 Å². The third kappa shape index (κ3) is 5.90. The molecule has 3 aromatic rings. The van der Waals surface area contributed by atoms with Crippen LogP contribution in [0.2, 0.25) is 0 Å². The van der Waals surface area contributed by atoms with E-state index in [4.69, 9.17) is 9.15 Å². The first-order chi connectivity index (χ1) is 16.9. The molecule has 3 heterocycles. The summed E-state index contributed by atoms with van der Waals surface area (Å²) in [5.74, 6) is -0.907. The number of anilines is 1. The number of rotatable bonds is 9. The smallest absolute Gasteiger partial charge is 0.338 e. The van der Waals surface area contributed by atoms with Crippen molar-refractivity contribution in [3.05, 3.63) is 53.2 Å². The van der Waals surface area contributed by atoms with Crippen molar-refractivity contribution < 1.29 is 28.3 Å². The predicted octanol–water partition coefficient (Wildman–Crippen LogP) is 2.55. The predicted molar refractivity (Wildman–Crippen MR) is 125 cm³/mol. The molecule has 0 atom stereocenters. The molecule has 0 saturated carbocycles. The van der Waals surface area contributed by atoms with Crippen LogP contribution in [0.5, 0.6) is 0 Å². The van der Waals surface area contributed by atoms with Crippen LogP contribution in [0.15, 0.2) is 46.2 Å². The van der Waals surface area contributed by atoms with Crippen molar-refractivity contribution in [3.63, 3.8) is 0 Å². The molecule has 0 radical (unpaired) electrons. The van der Waals surface area contributed by atoms with Gasteiger partial charge in [-0.2, -0.15) is 0 Å². The maximum atomic E-state index is 12.7. The van der Waals surface area contributed by atoms with Crippen molar-refractivity contribution in [1.29, 1.82) is 0 Å². The van der Waals surface area contributed by atoms with E-state index in [-0.39, 0.29) is 42.7 Å². The van der Waals surface area contributed by atoms with Gasteiger partial charge in [0.05, 0.1) is 22.7 Å². The van der Waals surface area contributed by atoms with Crippen LogP contribution in [0, 0.1) is 0 Å². The van der Waals surface area contributed by atoms with Gasteiger partial charge < -0.3 is 14.1 Å². The molecule has 0 aliphatic carbocycles. The van der Waals surface area contributed by atoms with Gasteiger partial charge in [-0.05, 0) is 42.1 Å². The zero-order valence-electron chi connectivity index (χ0n) is 18.9. The highest BCUT2D eigenvalue weighted by Crippen LogP contribution is 2.23. The van der Waals surface area contributed by atoms with E-state index in [0.717, 1.165) is 9.89 Å². The molecule has 1 N–H and O–H groups in total. The molecule has 35 heavy (non-hydrogen) atoms. The van der Waals surface area contributed by atoms with Crippen molar-refractivity contribution >= 4 is 40.7 Å². The number of esters is 1. The minimum Gasteiger partial charge on any atom is -0.452 e. The van der Waals surface area contributed by atoms with Crippen molar-refractivity contribution in [2.24, 2.45) is 0 Å². The molecule has 3 amide bonds. The number of carbonyl (C=O) groups excluding carboxylic acids is 4. The fraction of sp³-hybridized carbons (Fsp3) is 0.304. The highest BCUT2D eigenvalue weighted by atomic mass is 32.1. The van der Waals surface area contributed by atoms with E-state index < -0.39 is 18.5 Å². The van der Waals surface area contributed by atoms with E-state index >= 15 is 0 Å². The number of amides is 3. The highest BCUT2D eigenvalue weighted by Gasteiger charge is 2.25. The molecule has 0 bridgehead atoms. The number of ether oxygens (including phenoxy) is 1. The van der Waals surface area contributed by atoms with Crippen molar-refractivity contribution in [2.45, 2.75) is 32.7 Å². The van der Waals surface area contributed by atoms with Crippen LogP contribution in [0.4, 0.5) is 5.69 Å². The first kappa shape index (κ1) is 24.1. The maximum absolute atomic E-state index is 12.7. The summed E-state index contributed by atoms with van der Waals surface area (Å²) >= 11 is 1.47. The Kier molecular flexibility index (Phi) is 7.51. The van der Waals surface area contributed by atoms with Gasteiger partial charge in [0.25, 0.3) is 11.8 Å². The quantitative estimate of drug-likeness (QED) is 0.446. The molecule has 11 nitrogen and oxygen atoms in total. The molecule has 1 fully saturated rings. The Morgan fingerprint density at radius 1 is 1.17 bits per heavy atom. The van der Waals surface area contributed by atoms with Gasteiger partial charge in [-0.3, -0.25) is 19.8 Å². The average molecular weight is 498 g/mol. The summed E-state index contributed by atoms with van der Waals surface area (Å²) in [6.07, 6.45) is 0.953. The van der Waals surface area contributed by atoms with Crippen LogP contribution in [0.25, 0.3) is 10.8 Å². The summed E-state index contributed by atoms with van der Waals surface area (Å²) in [7, 11) is 0. The van der Waals surface area contributed by atoms with Crippen LogP contribution in [-0.2, 0) is 25.7 Å². The minimum atomic E-state index is -0.687. The van der Waals surface area contributed by atoms with Crippen LogP contribution < -0.4 is 10.4 Å². The van der Waals surface area contributed by atoms with Crippen LogP contribution >= 0.6 is 11.3 Å². The lowest BCUT2D eigenvalue weighted by Gasteiger charge is -2.27. The lowest BCUT2D eigenvalue weighted by molar-refractivity contribution is -0.135. The van der Waals surface area contributed by atoms with Gasteiger partial charge >= 0.3 is 5.97 Å². The number of carbonyl (C=O) groups is 4. The number of hydrazine groups is 1. The number of aromatic nitrogens is 2. The molecule has 1 aliphatic rings. The van der Waals surface area contributed by atoms with Crippen molar-refractivity contribution in [3.8, 4) is 10.8 Å². The van der Waals surface area contributed by atoms with E-state index in [9.17, 15) is 19.2 Å². The number of hydrogen-bond donors (Lipinski definition) is 1. The molecule has 1 aromatic carbocycles. The number of nitrogens with zero attached hydrogens (tertiary/aromatic N) is 4. The Morgan fingerprint density at radius 3 is 2.69 bits per heavy atom. The second-order valence-corrected chi connectivity index (χ2v) is 8.63. The molecule has 1 saturated heterocycles. The first-order valence-electron chi connectivity index (χ1n) is 11.0. The largest absolute Gasteiger partial charge is 0.452 e. The molecular weight excluding hydrogens is 474 g/mol. The molecule has 0 spiro atoms. The summed E-state index contributed by atoms with van der Waals surface area (Å²) in [6.45, 7) is 2.01. The number of benzene rings is 1. The molecular formula is C23H23N5O6S. The average Bonchev–Trinajstić information content (AvgIpc) is 3.56. The number of hydrogen-bond acceptors (Lipinski definition) is 9. The Bertz CT molecular complexity index is 1210. The van der Waals surface area contributed by atoms with E-state index in [1.807, 2.05) is 24.4 Å². The van der Waals surface area contributed by atoms with Crippen molar-refractivity contribution in [2.75, 3.05) is 18.2 Å². The summed E-state index contributed by atoms with van der Waals surface area (Å²) in [5, 5.41) is 11.1. The standard InChI is InChI=1S/C23H23N5O6S/c1-2-11-27(13-19-24-25-22(34-19)17-4-3-12-35-17)21(31)14-33-23(32)15-5-7-16(8-6-15)28-20(30)10-9-18(29)26-28/h3-8,12H,2,9-11,13-14H2,1H3,(H,26,29). The zero-order chi connectivity index (χ0) is 24.8. The molecule has 1 aliphatic heterocycles. The Morgan fingerprint density at radius 2 is 1.97 bits per heavy atom. The highest BCUT2D eigenvalue weighted by molar-refractivity contribution is 7.13. The first-order valence-corrected chi connectivity index (χ1v) is 11.9. The molecule has 2 aromatic heterocycles. The third-order valence-corrected chi connectivity index (χ3v) is 5.97. The SMILES string of the molecule is CCCN(Cc1nnc(-c2cccs2)o1)C(=O)COC(=O)c1ccc(N2NC(=O)CCC2=O)cc1. The molecule has 4 rings (SSSR count). The van der Waals surface area contributed by atoms with Crippen LogP contribution in [-0.4, -0.2) is 51.9 Å². The van der Waals surface area contributed by atoms with Gasteiger partial charge in [-0.25, -0.2) is 9.80 Å². The van der Waals surface area contributed by atoms with E-state index in [1.54, 1.807) is 0 Å². The number of nitrogens with one attached hydrogen (secondary N) is 1. The summed E-state index contributed by atoms with van der Waals surface area (Å²) in [4.78, 5) is 51.1. The topological polar surface area (TPSA) is 135 Å². The fourth-order valence-electron chi connectivity index (χ4n) is 3.37. The van der Waals surface area contributed by atoms with Gasteiger partial charge in [0.15, 0.2) is 6.61 Å². The molecule has 182 valence electrons.